The highest BCUT2D eigenvalue weighted by Gasteiger charge is 2.72. The average Bonchev–Trinajstić information content (AvgIpc) is 3.66. The molecule has 0 amide bonds. The van der Waals surface area contributed by atoms with Gasteiger partial charge in [0.2, 0.25) is 5.41 Å². The van der Waals surface area contributed by atoms with Gasteiger partial charge in [0.15, 0.2) is 0 Å². The van der Waals surface area contributed by atoms with E-state index in [1.807, 2.05) is 267 Å². The Balaban J connectivity index is 1.14. The number of rotatable bonds is 16. The molecule has 10 aromatic carbocycles. The van der Waals surface area contributed by atoms with Crippen LogP contribution in [0.5, 0.6) is 0 Å². The summed E-state index contributed by atoms with van der Waals surface area (Å²) in [5.41, 5.74) is 4.04. The summed E-state index contributed by atoms with van der Waals surface area (Å²) in [7, 11) is 0. The zero-order chi connectivity index (χ0) is 54.7. The molecule has 0 radical (unpaired) electrons. The third kappa shape index (κ3) is 11.7. The zero-order valence-corrected chi connectivity index (χ0v) is 42.7. The van der Waals surface area contributed by atoms with Gasteiger partial charge in [-0.3, -0.25) is 0 Å². The first kappa shape index (κ1) is 52.8. The van der Waals surface area contributed by atoms with Crippen molar-refractivity contribution in [2.75, 3.05) is 9.80 Å². The summed E-state index contributed by atoms with van der Waals surface area (Å²) in [6.45, 7) is 0. The van der Waals surface area contributed by atoms with E-state index >= 15 is 26.3 Å². The maximum Gasteiger partial charge on any atom is 0.411 e. The molecular formula is C71H52F6N2. The van der Waals surface area contributed by atoms with Gasteiger partial charge in [-0.1, -0.05) is 267 Å². The van der Waals surface area contributed by atoms with Gasteiger partial charge < -0.3 is 9.80 Å². The van der Waals surface area contributed by atoms with E-state index in [0.29, 0.717) is 11.4 Å². The second-order valence-electron chi connectivity index (χ2n) is 18.8. The highest BCUT2D eigenvalue weighted by Crippen LogP contribution is 2.56. The minimum absolute atomic E-state index is 0.320. The Bertz CT molecular complexity index is 3080. The summed E-state index contributed by atoms with van der Waals surface area (Å²) < 4.78 is 97.0. The average molecular weight is 1050 g/mol. The van der Waals surface area contributed by atoms with E-state index in [1.165, 1.54) is 24.3 Å². The highest BCUT2D eigenvalue weighted by atomic mass is 19.4. The van der Waals surface area contributed by atoms with Crippen molar-refractivity contribution in [1.82, 2.24) is 0 Å². The van der Waals surface area contributed by atoms with Crippen LogP contribution in [0.25, 0.3) is 22.3 Å². The smallest absolute Gasteiger partial charge is 0.323 e. The molecule has 0 saturated carbocycles. The first-order valence-corrected chi connectivity index (χ1v) is 25.7. The minimum Gasteiger partial charge on any atom is -0.323 e. The van der Waals surface area contributed by atoms with Crippen LogP contribution in [-0.4, -0.2) is 12.4 Å². The Morgan fingerprint density at radius 1 is 0.228 bits per heavy atom. The molecule has 8 heteroatoms. The lowest BCUT2D eigenvalue weighted by molar-refractivity contribution is -0.288. The SMILES string of the molecule is FC(F)(F)C(c1ccc(N(C=C(c2ccccc2)c2ccccc2)C=C(c2ccccc2)c2ccccc2)cc1)(c1ccc(N(C=C(c2ccccc2)c2ccccc2)C=C(c2ccccc2)c2ccccc2)cc1)C(F)(F)F. The van der Waals surface area contributed by atoms with Crippen LogP contribution in [-0.2, 0) is 5.41 Å². The van der Waals surface area contributed by atoms with E-state index in [4.69, 9.17) is 0 Å². The molecule has 0 heterocycles. The molecule has 0 N–H and O–H groups in total. The number of benzene rings is 10. The molecule has 0 atom stereocenters. The van der Waals surface area contributed by atoms with Crippen LogP contribution in [0.2, 0.25) is 0 Å². The maximum atomic E-state index is 16.2. The second-order valence-corrected chi connectivity index (χ2v) is 18.8. The normalized spacial score (nSPS) is 11.4. The number of halogens is 6. The molecule has 10 rings (SSSR count). The third-order valence-corrected chi connectivity index (χ3v) is 13.8. The summed E-state index contributed by atoms with van der Waals surface area (Å²) in [6, 6.07) is 86.1. The molecule has 0 aliphatic carbocycles. The number of anilines is 2. The topological polar surface area (TPSA) is 6.48 Å². The highest BCUT2D eigenvalue weighted by molar-refractivity contribution is 5.87. The van der Waals surface area contributed by atoms with E-state index in [0.717, 1.165) is 91.1 Å². The van der Waals surface area contributed by atoms with Crippen molar-refractivity contribution >= 4 is 33.7 Å². The van der Waals surface area contributed by atoms with Crippen LogP contribution >= 0.6 is 0 Å². The minimum atomic E-state index is -5.85. The summed E-state index contributed by atoms with van der Waals surface area (Å²) in [5.74, 6) is 0. The van der Waals surface area contributed by atoms with Crippen LogP contribution in [0.15, 0.2) is 316 Å². The van der Waals surface area contributed by atoms with Gasteiger partial charge in [0, 0.05) is 58.5 Å². The zero-order valence-electron chi connectivity index (χ0n) is 42.7. The molecule has 0 aliphatic heterocycles. The van der Waals surface area contributed by atoms with Crippen LogP contribution in [0, 0.1) is 0 Å². The Labute approximate surface area is 457 Å². The summed E-state index contributed by atoms with van der Waals surface area (Å²) in [4.78, 5) is 3.53. The van der Waals surface area contributed by atoms with E-state index < -0.39 is 28.9 Å². The van der Waals surface area contributed by atoms with E-state index in [-0.39, 0.29) is 0 Å². The Morgan fingerprint density at radius 3 is 0.544 bits per heavy atom. The summed E-state index contributed by atoms with van der Waals surface area (Å²) in [6.07, 6.45) is -4.25. The predicted molar refractivity (Wildman–Crippen MR) is 311 cm³/mol. The van der Waals surface area contributed by atoms with Gasteiger partial charge in [0.05, 0.1) is 0 Å². The first-order chi connectivity index (χ1) is 38.5. The van der Waals surface area contributed by atoms with Crippen molar-refractivity contribution in [2.24, 2.45) is 0 Å². The van der Waals surface area contributed by atoms with Crippen molar-refractivity contribution in [2.45, 2.75) is 17.8 Å². The molecule has 0 aromatic heterocycles. The van der Waals surface area contributed by atoms with Gasteiger partial charge in [-0.05, 0) is 79.9 Å². The quantitative estimate of drug-likeness (QED) is 0.0890. The standard InChI is InChI=1S/C71H52F6N2/c72-70(73,74)69(71(75,76)77,61-41-45-63(46-42-61)78(49-65(53-25-9-1-10-26-53)54-27-11-2-12-28-54)50-66(55-29-13-3-14-30-55)56-31-15-4-16-32-56)62-43-47-64(48-44-62)79(51-67(57-33-17-5-18-34-57)58-35-19-6-20-36-58)52-68(59-37-21-7-22-38-59)60-39-23-8-24-40-60/h1-52H. The first-order valence-electron chi connectivity index (χ1n) is 25.7. The van der Waals surface area contributed by atoms with Crippen LogP contribution < -0.4 is 9.80 Å². The Hall–Kier alpha value is -9.66. The lowest BCUT2D eigenvalue weighted by atomic mass is 9.73. The van der Waals surface area contributed by atoms with E-state index in [2.05, 4.69) is 0 Å². The number of hydrogen-bond donors (Lipinski definition) is 0. The number of nitrogens with zero attached hydrogens (tertiary/aromatic N) is 2. The van der Waals surface area contributed by atoms with Gasteiger partial charge in [-0.2, -0.15) is 26.3 Å². The molecule has 0 unspecified atom stereocenters. The van der Waals surface area contributed by atoms with Gasteiger partial charge in [0.1, 0.15) is 0 Å². The van der Waals surface area contributed by atoms with Crippen molar-refractivity contribution in [3.05, 3.63) is 372 Å². The van der Waals surface area contributed by atoms with E-state index in [1.54, 1.807) is 9.80 Å². The molecule has 0 aliphatic rings. The molecule has 0 bridgehead atoms. The lowest BCUT2D eigenvalue weighted by Gasteiger charge is -2.38. The monoisotopic (exact) mass is 1050 g/mol. The third-order valence-electron chi connectivity index (χ3n) is 13.8. The second kappa shape index (κ2) is 23.7. The van der Waals surface area contributed by atoms with Gasteiger partial charge >= 0.3 is 12.4 Å². The fourth-order valence-electron chi connectivity index (χ4n) is 9.88. The molecule has 79 heavy (non-hydrogen) atoms. The van der Waals surface area contributed by atoms with Crippen LogP contribution in [0.4, 0.5) is 37.7 Å². The van der Waals surface area contributed by atoms with Crippen LogP contribution in [0.3, 0.4) is 0 Å². The Kier molecular flexibility index (Phi) is 15.8. The van der Waals surface area contributed by atoms with Crippen molar-refractivity contribution in [1.29, 1.82) is 0 Å². The molecule has 0 fully saturated rings. The van der Waals surface area contributed by atoms with Crippen molar-refractivity contribution in [3.8, 4) is 0 Å². The summed E-state index contributed by atoms with van der Waals surface area (Å²) in [5, 5.41) is 0. The number of hydrogen-bond acceptors (Lipinski definition) is 2. The molecule has 10 aromatic rings. The molecule has 0 saturated heterocycles. The van der Waals surface area contributed by atoms with Gasteiger partial charge in [-0.25, -0.2) is 0 Å². The molecular weight excluding hydrogens is 995 g/mol. The predicted octanol–water partition coefficient (Wildman–Crippen LogP) is 19.1. The van der Waals surface area contributed by atoms with Crippen molar-refractivity contribution < 1.29 is 26.3 Å². The fourth-order valence-corrected chi connectivity index (χ4v) is 9.88. The van der Waals surface area contributed by atoms with E-state index in [9.17, 15) is 0 Å². The molecule has 0 spiro atoms. The van der Waals surface area contributed by atoms with Gasteiger partial charge in [0.25, 0.3) is 0 Å². The van der Waals surface area contributed by atoms with Crippen molar-refractivity contribution in [3.63, 3.8) is 0 Å². The fraction of sp³-hybridized carbons (Fsp3) is 0.0423. The largest absolute Gasteiger partial charge is 0.411 e. The summed E-state index contributed by atoms with van der Waals surface area (Å²) >= 11 is 0. The Morgan fingerprint density at radius 2 is 0.392 bits per heavy atom. The van der Waals surface area contributed by atoms with Gasteiger partial charge in [-0.15, -0.1) is 0 Å². The molecule has 2 nitrogen and oxygen atoms in total. The molecule has 388 valence electrons. The number of alkyl halides is 6. The van der Waals surface area contributed by atoms with Crippen LogP contribution in [0.1, 0.15) is 55.6 Å². The lowest BCUT2D eigenvalue weighted by Crippen LogP contribution is -2.54. The maximum absolute atomic E-state index is 16.2.